The minimum Gasteiger partial charge on any atom is -0.267 e. The number of halogens is 5. The molecule has 0 atom stereocenters. The summed E-state index contributed by atoms with van der Waals surface area (Å²) in [6, 6.07) is 10.5. The first-order valence-corrected chi connectivity index (χ1v) is 8.28. The van der Waals surface area contributed by atoms with Gasteiger partial charge in [0.2, 0.25) is 0 Å². The third-order valence-electron chi connectivity index (χ3n) is 3.44. The van der Waals surface area contributed by atoms with Crippen molar-refractivity contribution in [2.45, 2.75) is 6.18 Å². The van der Waals surface area contributed by atoms with Crippen LogP contribution in [0.25, 0.3) is 22.5 Å². The van der Waals surface area contributed by atoms with Crippen LogP contribution in [0.3, 0.4) is 0 Å². The average Bonchev–Trinajstić information content (AvgIpc) is 3.14. The zero-order chi connectivity index (χ0) is 18.2. The van der Waals surface area contributed by atoms with Gasteiger partial charge in [0.05, 0.1) is 10.6 Å². The number of hydrogen-bond acceptors (Lipinski definition) is 2. The van der Waals surface area contributed by atoms with Crippen LogP contribution in [0.1, 0.15) is 16.1 Å². The number of thiophene rings is 1. The largest absolute Gasteiger partial charge is 0.435 e. The van der Waals surface area contributed by atoms with E-state index in [-0.39, 0.29) is 0 Å². The molecule has 0 saturated carbocycles. The molecule has 130 valence electrons. The lowest BCUT2D eigenvalue weighted by molar-refractivity contribution is -0.141. The van der Waals surface area contributed by atoms with Crippen LogP contribution in [0, 0.1) is 0 Å². The van der Waals surface area contributed by atoms with E-state index < -0.39 is 17.7 Å². The van der Waals surface area contributed by atoms with Gasteiger partial charge >= 0.3 is 6.18 Å². The van der Waals surface area contributed by atoms with E-state index in [2.05, 4.69) is 5.10 Å². The second-order valence-corrected chi connectivity index (χ2v) is 6.79. The third-order valence-corrected chi connectivity index (χ3v) is 4.75. The molecule has 0 spiro atoms. The molecule has 2 aromatic heterocycles. The first kappa shape index (κ1) is 17.7. The van der Waals surface area contributed by atoms with E-state index in [0.717, 1.165) is 10.7 Å². The van der Waals surface area contributed by atoms with Gasteiger partial charge in [0, 0.05) is 22.5 Å². The summed E-state index contributed by atoms with van der Waals surface area (Å²) >= 11 is 6.95. The van der Waals surface area contributed by atoms with Gasteiger partial charge in [-0.2, -0.15) is 18.3 Å². The lowest BCUT2D eigenvalue weighted by Gasteiger charge is -1.99. The monoisotopic (exact) mass is 386 g/mol. The van der Waals surface area contributed by atoms with E-state index in [9.17, 15) is 17.6 Å². The van der Waals surface area contributed by atoms with Crippen LogP contribution in [0.4, 0.5) is 17.6 Å². The van der Waals surface area contributed by atoms with Crippen molar-refractivity contribution in [2.75, 3.05) is 0 Å². The molecule has 0 unspecified atom stereocenters. The Balaban J connectivity index is 1.89. The molecule has 0 amide bonds. The topological polar surface area (TPSA) is 17.8 Å². The summed E-state index contributed by atoms with van der Waals surface area (Å²) in [5.41, 5.74) is -0.258. The predicted molar refractivity (Wildman–Crippen MR) is 92.0 cm³/mol. The van der Waals surface area contributed by atoms with Crippen LogP contribution in [0.2, 0.25) is 5.02 Å². The fraction of sp³-hybridized carbons (Fsp3) is 0.118. The Labute approximate surface area is 150 Å². The fourth-order valence-electron chi connectivity index (χ4n) is 2.22. The summed E-state index contributed by atoms with van der Waals surface area (Å²) in [5.74, 6) is -0.453. The lowest BCUT2D eigenvalue weighted by Crippen LogP contribution is -2.06. The first-order chi connectivity index (χ1) is 11.7. The SMILES string of the molecule is Cn1nc(C(F)(F)F)cc1-c1ccc(C=C(F)c2ccc(Cl)cc2)s1. The quantitative estimate of drug-likeness (QED) is 0.484. The van der Waals surface area contributed by atoms with E-state index in [4.69, 9.17) is 11.6 Å². The molecule has 0 fully saturated rings. The van der Waals surface area contributed by atoms with Crippen LogP contribution < -0.4 is 0 Å². The second-order valence-electron chi connectivity index (χ2n) is 5.24. The molecule has 0 N–H and O–H groups in total. The van der Waals surface area contributed by atoms with E-state index in [1.54, 1.807) is 36.4 Å². The molecule has 25 heavy (non-hydrogen) atoms. The molecule has 0 aliphatic carbocycles. The standard InChI is InChI=1S/C17H11ClF4N2S/c1-24-14(9-16(23-24)17(20,21)22)15-7-6-12(25-15)8-13(19)10-2-4-11(18)5-3-10/h2-9H,1H3. The molecule has 1 aromatic carbocycles. The van der Waals surface area contributed by atoms with Crippen LogP contribution in [0.5, 0.6) is 0 Å². The molecule has 0 bridgehead atoms. The van der Waals surface area contributed by atoms with E-state index in [1.165, 1.54) is 24.5 Å². The molecule has 0 radical (unpaired) electrons. The summed E-state index contributed by atoms with van der Waals surface area (Å²) in [7, 11) is 1.44. The van der Waals surface area contributed by atoms with Crippen molar-refractivity contribution >= 4 is 34.8 Å². The highest BCUT2D eigenvalue weighted by atomic mass is 35.5. The fourth-order valence-corrected chi connectivity index (χ4v) is 3.33. The Morgan fingerprint density at radius 3 is 2.44 bits per heavy atom. The van der Waals surface area contributed by atoms with Gasteiger partial charge in [-0.05, 0) is 36.4 Å². The maximum atomic E-state index is 14.3. The number of aromatic nitrogens is 2. The predicted octanol–water partition coefficient (Wildman–Crippen LogP) is 6.29. The van der Waals surface area contributed by atoms with Crippen LogP contribution in [-0.4, -0.2) is 9.78 Å². The average molecular weight is 387 g/mol. The number of benzene rings is 1. The van der Waals surface area contributed by atoms with Gasteiger partial charge in [0.25, 0.3) is 0 Å². The van der Waals surface area contributed by atoms with Crippen molar-refractivity contribution < 1.29 is 17.6 Å². The Hall–Kier alpha value is -2.12. The smallest absolute Gasteiger partial charge is 0.267 e. The van der Waals surface area contributed by atoms with E-state index in [1.807, 2.05) is 0 Å². The number of nitrogens with zero attached hydrogens (tertiary/aromatic N) is 2. The molecule has 0 aliphatic rings. The summed E-state index contributed by atoms with van der Waals surface area (Å²) in [6.07, 6.45) is -3.17. The summed E-state index contributed by atoms with van der Waals surface area (Å²) in [4.78, 5) is 1.15. The highest BCUT2D eigenvalue weighted by Gasteiger charge is 2.34. The van der Waals surface area contributed by atoms with E-state index in [0.29, 0.717) is 26.0 Å². The Bertz CT molecular complexity index is 923. The summed E-state index contributed by atoms with van der Waals surface area (Å²) in [5, 5.41) is 3.99. The third kappa shape index (κ3) is 3.93. The molecule has 0 aliphatic heterocycles. The number of rotatable bonds is 3. The molecular formula is C17H11ClF4N2S. The number of alkyl halides is 3. The van der Waals surface area contributed by atoms with Crippen molar-refractivity contribution in [3.05, 3.63) is 63.6 Å². The molecule has 8 heteroatoms. The van der Waals surface area contributed by atoms with Gasteiger partial charge in [-0.3, -0.25) is 4.68 Å². The van der Waals surface area contributed by atoms with Crippen LogP contribution in [-0.2, 0) is 13.2 Å². The molecule has 2 heterocycles. The zero-order valence-electron chi connectivity index (χ0n) is 12.8. The number of hydrogen-bond donors (Lipinski definition) is 0. The highest BCUT2D eigenvalue weighted by Crippen LogP contribution is 2.35. The highest BCUT2D eigenvalue weighted by molar-refractivity contribution is 7.16. The summed E-state index contributed by atoms with van der Waals surface area (Å²) in [6.45, 7) is 0. The van der Waals surface area contributed by atoms with Gasteiger partial charge in [-0.15, -0.1) is 11.3 Å². The minimum atomic E-state index is -4.50. The molecule has 3 aromatic rings. The lowest BCUT2D eigenvalue weighted by atomic mass is 10.2. The number of aryl methyl sites for hydroxylation is 1. The Morgan fingerprint density at radius 1 is 1.16 bits per heavy atom. The second kappa shape index (κ2) is 6.65. The van der Waals surface area contributed by atoms with Crippen molar-refractivity contribution in [3.8, 4) is 10.6 Å². The van der Waals surface area contributed by atoms with Crippen molar-refractivity contribution in [3.63, 3.8) is 0 Å². The zero-order valence-corrected chi connectivity index (χ0v) is 14.4. The molecule has 2 nitrogen and oxygen atoms in total. The molecule has 3 rings (SSSR count). The van der Waals surface area contributed by atoms with Crippen molar-refractivity contribution in [2.24, 2.45) is 7.05 Å². The van der Waals surface area contributed by atoms with Crippen molar-refractivity contribution in [1.29, 1.82) is 0 Å². The first-order valence-electron chi connectivity index (χ1n) is 7.08. The minimum absolute atomic E-state index is 0.323. The summed E-state index contributed by atoms with van der Waals surface area (Å²) < 4.78 is 53.7. The van der Waals surface area contributed by atoms with Crippen LogP contribution in [0.15, 0.2) is 42.5 Å². The Kier molecular flexibility index (Phi) is 4.71. The maximum Gasteiger partial charge on any atom is 0.435 e. The van der Waals surface area contributed by atoms with E-state index >= 15 is 0 Å². The van der Waals surface area contributed by atoms with Crippen molar-refractivity contribution in [1.82, 2.24) is 9.78 Å². The van der Waals surface area contributed by atoms with Gasteiger partial charge < -0.3 is 0 Å². The van der Waals surface area contributed by atoms with Gasteiger partial charge in [0.1, 0.15) is 5.83 Å². The van der Waals surface area contributed by atoms with Crippen LogP contribution >= 0.6 is 22.9 Å². The molecular weight excluding hydrogens is 376 g/mol. The van der Waals surface area contributed by atoms with Gasteiger partial charge in [0.15, 0.2) is 5.69 Å². The molecule has 0 saturated heterocycles. The Morgan fingerprint density at radius 2 is 1.84 bits per heavy atom. The van der Waals surface area contributed by atoms with Gasteiger partial charge in [-0.25, -0.2) is 4.39 Å². The maximum absolute atomic E-state index is 14.3. The normalized spacial score (nSPS) is 12.6. The van der Waals surface area contributed by atoms with Gasteiger partial charge in [-0.1, -0.05) is 23.7 Å².